The Bertz CT molecular complexity index is 591. The highest BCUT2D eigenvalue weighted by molar-refractivity contribution is 7.15. The van der Waals surface area contributed by atoms with Crippen LogP contribution < -0.4 is 11.1 Å². The van der Waals surface area contributed by atoms with E-state index in [1.807, 2.05) is 12.3 Å². The smallest absolute Gasteiger partial charge is 0.149 e. The van der Waals surface area contributed by atoms with Crippen LogP contribution in [0.2, 0.25) is 0 Å². The molecule has 1 aliphatic rings. The summed E-state index contributed by atoms with van der Waals surface area (Å²) in [7, 11) is 2.17. The zero-order valence-electron chi connectivity index (χ0n) is 11.7. The van der Waals surface area contributed by atoms with Crippen molar-refractivity contribution in [3.63, 3.8) is 0 Å². The molecule has 0 aromatic carbocycles. The Balaban J connectivity index is 1.83. The van der Waals surface area contributed by atoms with Crippen molar-refractivity contribution in [2.45, 2.75) is 25.8 Å². The number of nitrogens with one attached hydrogen (secondary N) is 1. The Morgan fingerprint density at radius 3 is 3.05 bits per heavy atom. The molecule has 5 nitrogen and oxygen atoms in total. The molecule has 0 saturated carbocycles. The highest BCUT2D eigenvalue weighted by Gasteiger charge is 2.22. The van der Waals surface area contributed by atoms with Gasteiger partial charge in [0.1, 0.15) is 15.8 Å². The summed E-state index contributed by atoms with van der Waals surface area (Å²) in [5, 5.41) is 7.67. The molecular weight excluding hydrogens is 290 g/mol. The average Bonchev–Trinajstić information content (AvgIpc) is 2.96. The van der Waals surface area contributed by atoms with E-state index in [4.69, 9.17) is 5.73 Å². The number of thiazole rings is 1. The molecule has 0 aliphatic carbocycles. The predicted octanol–water partition coefficient (Wildman–Crippen LogP) is 2.66. The van der Waals surface area contributed by atoms with Crippen LogP contribution in [0.15, 0.2) is 5.38 Å². The van der Waals surface area contributed by atoms with Crippen molar-refractivity contribution < 1.29 is 0 Å². The molecule has 1 fully saturated rings. The Hall–Kier alpha value is -1.18. The molecule has 0 spiro atoms. The summed E-state index contributed by atoms with van der Waals surface area (Å²) >= 11 is 3.06. The van der Waals surface area contributed by atoms with Crippen LogP contribution in [0.4, 0.5) is 10.8 Å². The van der Waals surface area contributed by atoms with Crippen LogP contribution in [0.5, 0.6) is 0 Å². The van der Waals surface area contributed by atoms with Crippen LogP contribution in [0.3, 0.4) is 0 Å². The molecule has 1 saturated heterocycles. The van der Waals surface area contributed by atoms with Crippen LogP contribution in [0, 0.1) is 6.92 Å². The van der Waals surface area contributed by atoms with E-state index in [0.29, 0.717) is 11.9 Å². The van der Waals surface area contributed by atoms with Crippen LogP contribution in [0.1, 0.15) is 18.5 Å². The molecule has 1 atom stereocenters. The van der Waals surface area contributed by atoms with E-state index in [-0.39, 0.29) is 0 Å². The van der Waals surface area contributed by atoms with Crippen molar-refractivity contribution in [2.75, 3.05) is 31.2 Å². The van der Waals surface area contributed by atoms with Crippen molar-refractivity contribution in [3.8, 4) is 10.6 Å². The summed E-state index contributed by atoms with van der Waals surface area (Å²) in [6, 6.07) is 0.466. The Morgan fingerprint density at radius 2 is 2.35 bits per heavy atom. The minimum Gasteiger partial charge on any atom is -0.382 e. The molecule has 108 valence electrons. The zero-order chi connectivity index (χ0) is 14.1. The molecule has 3 rings (SSSR count). The van der Waals surface area contributed by atoms with Crippen molar-refractivity contribution >= 4 is 33.7 Å². The van der Waals surface area contributed by atoms with Gasteiger partial charge in [0, 0.05) is 23.7 Å². The lowest BCUT2D eigenvalue weighted by Gasteiger charge is -2.30. The summed E-state index contributed by atoms with van der Waals surface area (Å²) in [6.45, 7) is 4.24. The van der Waals surface area contributed by atoms with E-state index in [1.165, 1.54) is 30.9 Å². The monoisotopic (exact) mass is 309 g/mol. The van der Waals surface area contributed by atoms with E-state index < -0.39 is 0 Å². The Kier molecular flexibility index (Phi) is 3.91. The number of likely N-dealkylation sites (tertiary alicyclic amines) is 1. The van der Waals surface area contributed by atoms with E-state index in [1.54, 1.807) is 11.3 Å². The highest BCUT2D eigenvalue weighted by Crippen LogP contribution is 2.39. The molecule has 0 amide bonds. The maximum atomic E-state index is 6.03. The zero-order valence-corrected chi connectivity index (χ0v) is 13.4. The van der Waals surface area contributed by atoms with Crippen LogP contribution >= 0.6 is 22.9 Å². The number of hydrogen-bond acceptors (Lipinski definition) is 7. The van der Waals surface area contributed by atoms with Gasteiger partial charge in [-0.05, 0) is 44.9 Å². The molecule has 3 N–H and O–H groups in total. The Labute approximate surface area is 127 Å². The van der Waals surface area contributed by atoms with Gasteiger partial charge in [-0.1, -0.05) is 0 Å². The second-order valence-corrected chi connectivity index (χ2v) is 6.94. The van der Waals surface area contributed by atoms with Gasteiger partial charge in [-0.25, -0.2) is 4.98 Å². The molecule has 0 bridgehead atoms. The third-order valence-corrected chi connectivity index (χ3v) is 5.28. The van der Waals surface area contributed by atoms with Crippen LogP contribution in [0.25, 0.3) is 10.6 Å². The lowest BCUT2D eigenvalue weighted by atomic mass is 10.1. The van der Waals surface area contributed by atoms with Crippen LogP contribution in [-0.4, -0.2) is 40.4 Å². The van der Waals surface area contributed by atoms with Gasteiger partial charge in [-0.15, -0.1) is 11.3 Å². The number of nitrogens with two attached hydrogens (primary N) is 1. The third-order valence-electron chi connectivity index (χ3n) is 3.51. The first-order valence-corrected chi connectivity index (χ1v) is 8.41. The molecule has 1 aliphatic heterocycles. The van der Waals surface area contributed by atoms with Gasteiger partial charge in [0.05, 0.1) is 5.56 Å². The number of anilines is 2. The molecule has 1 unspecified atom stereocenters. The standard InChI is InChI=1S/C13H19N5S2/c1-8-7-19-12(15-8)10-11(14)17-20-13(10)16-9-4-3-5-18(2)6-9/h7,9,16H,3-6H2,1-2H3,(H2,14,17). The second kappa shape index (κ2) is 5.67. The molecule has 20 heavy (non-hydrogen) atoms. The highest BCUT2D eigenvalue weighted by atomic mass is 32.1. The Morgan fingerprint density at radius 1 is 1.50 bits per heavy atom. The molecule has 3 heterocycles. The first-order valence-electron chi connectivity index (χ1n) is 6.76. The summed E-state index contributed by atoms with van der Waals surface area (Å²) in [5.41, 5.74) is 8.03. The number of aromatic nitrogens is 2. The summed E-state index contributed by atoms with van der Waals surface area (Å²) in [5.74, 6) is 0.580. The fraction of sp³-hybridized carbons (Fsp3) is 0.538. The number of rotatable bonds is 3. The van der Waals surface area contributed by atoms with Gasteiger partial charge in [-0.3, -0.25) is 0 Å². The largest absolute Gasteiger partial charge is 0.382 e. The SMILES string of the molecule is Cc1csc(-c2c(N)nsc2NC2CCCN(C)C2)n1. The van der Waals surface area contributed by atoms with Crippen molar-refractivity contribution in [1.82, 2.24) is 14.3 Å². The van der Waals surface area contributed by atoms with E-state index in [2.05, 4.69) is 26.6 Å². The lowest BCUT2D eigenvalue weighted by molar-refractivity contribution is 0.261. The molecular formula is C13H19N5S2. The minimum absolute atomic E-state index is 0.466. The predicted molar refractivity (Wildman–Crippen MR) is 86.5 cm³/mol. The maximum absolute atomic E-state index is 6.03. The fourth-order valence-corrected chi connectivity index (χ4v) is 4.26. The molecule has 2 aromatic rings. The quantitative estimate of drug-likeness (QED) is 0.912. The summed E-state index contributed by atoms with van der Waals surface area (Å²) in [4.78, 5) is 6.90. The maximum Gasteiger partial charge on any atom is 0.149 e. The van der Waals surface area contributed by atoms with Gasteiger partial charge < -0.3 is 16.0 Å². The number of aryl methyl sites for hydroxylation is 1. The lowest BCUT2D eigenvalue weighted by Crippen LogP contribution is -2.39. The van der Waals surface area contributed by atoms with Gasteiger partial charge in [0.2, 0.25) is 0 Å². The average molecular weight is 309 g/mol. The first kappa shape index (κ1) is 13.8. The van der Waals surface area contributed by atoms with Gasteiger partial charge >= 0.3 is 0 Å². The van der Waals surface area contributed by atoms with E-state index in [0.717, 1.165) is 27.8 Å². The second-order valence-electron chi connectivity index (χ2n) is 5.31. The number of likely N-dealkylation sites (N-methyl/N-ethyl adjacent to an activating group) is 1. The molecule has 2 aromatic heterocycles. The molecule has 0 radical (unpaired) electrons. The van der Waals surface area contributed by atoms with Gasteiger partial charge in [0.15, 0.2) is 0 Å². The van der Waals surface area contributed by atoms with Crippen LogP contribution in [-0.2, 0) is 0 Å². The number of nitrogens with zero attached hydrogens (tertiary/aromatic N) is 3. The molecule has 7 heteroatoms. The summed E-state index contributed by atoms with van der Waals surface area (Å²) < 4.78 is 4.30. The first-order chi connectivity index (χ1) is 9.63. The number of piperidine rings is 1. The van der Waals surface area contributed by atoms with E-state index >= 15 is 0 Å². The third kappa shape index (κ3) is 2.79. The summed E-state index contributed by atoms with van der Waals surface area (Å²) in [6.07, 6.45) is 2.42. The van der Waals surface area contributed by atoms with E-state index in [9.17, 15) is 0 Å². The van der Waals surface area contributed by atoms with Crippen molar-refractivity contribution in [1.29, 1.82) is 0 Å². The van der Waals surface area contributed by atoms with Gasteiger partial charge in [0.25, 0.3) is 0 Å². The fourth-order valence-electron chi connectivity index (χ4n) is 2.55. The number of hydrogen-bond donors (Lipinski definition) is 2. The topological polar surface area (TPSA) is 67.1 Å². The normalized spacial score (nSPS) is 20.2. The van der Waals surface area contributed by atoms with Crippen molar-refractivity contribution in [3.05, 3.63) is 11.1 Å². The minimum atomic E-state index is 0.466. The number of nitrogen functional groups attached to an aromatic ring is 1. The van der Waals surface area contributed by atoms with Gasteiger partial charge in [-0.2, -0.15) is 4.37 Å². The van der Waals surface area contributed by atoms with Crippen molar-refractivity contribution in [2.24, 2.45) is 0 Å².